The third kappa shape index (κ3) is 5.57. The number of halogens is 1. The molecule has 226 valence electrons. The summed E-state index contributed by atoms with van der Waals surface area (Å²) in [5.41, 5.74) is 5.08. The van der Waals surface area contributed by atoms with E-state index in [0.717, 1.165) is 59.2 Å². The Hall–Kier alpha value is -4.29. The summed E-state index contributed by atoms with van der Waals surface area (Å²) in [6.07, 6.45) is 10.5. The van der Waals surface area contributed by atoms with Gasteiger partial charge in [-0.05, 0) is 47.8 Å². The van der Waals surface area contributed by atoms with Crippen molar-refractivity contribution < 1.29 is 14.3 Å². The summed E-state index contributed by atoms with van der Waals surface area (Å²) >= 11 is 6.78. The second-order valence-electron chi connectivity index (χ2n) is 11.8. The Morgan fingerprint density at radius 1 is 0.800 bits per heavy atom. The van der Waals surface area contributed by atoms with Crippen LogP contribution in [0.4, 0.5) is 0 Å². The highest BCUT2D eigenvalue weighted by molar-refractivity contribution is 6.32. The summed E-state index contributed by atoms with van der Waals surface area (Å²) in [5.74, 6) is -0.424. The maximum Gasteiger partial charge on any atom is 0.168 e. The lowest BCUT2D eigenvalue weighted by atomic mass is 9.77. The number of carbonyl (C=O) groups excluding carboxylic acids is 1. The van der Waals surface area contributed by atoms with Crippen LogP contribution in [0, 0.1) is 5.92 Å². The topological polar surface area (TPSA) is 53.4 Å². The SMILES string of the molecule is O=C(/C=C/c1c(Cl)cccc1-c1cn(C(c2ccccc2)(c2ccccc2)c2ccccc2)cn1)C1CCC2(CC1)OCCO2. The number of imidazole rings is 1. The number of carbonyl (C=O) groups is 1. The number of rotatable bonds is 8. The van der Waals surface area contributed by atoms with Crippen LogP contribution in [-0.4, -0.2) is 34.3 Å². The molecule has 2 heterocycles. The maximum atomic E-state index is 13.3. The van der Waals surface area contributed by atoms with E-state index in [4.69, 9.17) is 26.1 Å². The highest BCUT2D eigenvalue weighted by Crippen LogP contribution is 2.42. The van der Waals surface area contributed by atoms with Crippen LogP contribution in [0.25, 0.3) is 17.3 Å². The second-order valence-corrected chi connectivity index (χ2v) is 12.2. The molecule has 1 spiro atoms. The summed E-state index contributed by atoms with van der Waals surface area (Å²) in [5, 5.41) is 0.571. The zero-order valence-electron chi connectivity index (χ0n) is 25.0. The fourth-order valence-electron chi connectivity index (χ4n) is 6.99. The molecular formula is C39H35ClN2O3. The molecule has 5 nitrogen and oxygen atoms in total. The Kier molecular flexibility index (Phi) is 8.24. The molecule has 0 N–H and O–H groups in total. The maximum absolute atomic E-state index is 13.3. The molecule has 0 bridgehead atoms. The van der Waals surface area contributed by atoms with Gasteiger partial charge in [0.1, 0.15) is 5.54 Å². The lowest BCUT2D eigenvalue weighted by Crippen LogP contribution is -2.36. The number of hydrogen-bond donors (Lipinski definition) is 0. The van der Waals surface area contributed by atoms with E-state index in [-0.39, 0.29) is 11.7 Å². The zero-order valence-corrected chi connectivity index (χ0v) is 25.8. The number of hydrogen-bond acceptors (Lipinski definition) is 4. The Bertz CT molecular complexity index is 1690. The normalized spacial score (nSPS) is 16.8. The Balaban J connectivity index is 1.26. The van der Waals surface area contributed by atoms with Crippen molar-refractivity contribution in [2.75, 3.05) is 13.2 Å². The summed E-state index contributed by atoms with van der Waals surface area (Å²) in [6, 6.07) is 37.3. The summed E-state index contributed by atoms with van der Waals surface area (Å²) in [6.45, 7) is 1.26. The van der Waals surface area contributed by atoms with E-state index in [2.05, 4.69) is 83.6 Å². The van der Waals surface area contributed by atoms with Gasteiger partial charge in [0, 0.05) is 41.1 Å². The molecule has 1 aliphatic heterocycles. The highest BCUT2D eigenvalue weighted by Gasteiger charge is 2.41. The minimum Gasteiger partial charge on any atom is -0.348 e. The smallest absolute Gasteiger partial charge is 0.168 e. The van der Waals surface area contributed by atoms with Gasteiger partial charge in [-0.15, -0.1) is 0 Å². The molecule has 4 aromatic carbocycles. The van der Waals surface area contributed by atoms with Gasteiger partial charge in [0.05, 0.1) is 25.2 Å². The minimum atomic E-state index is -0.676. The van der Waals surface area contributed by atoms with Crippen molar-refractivity contribution in [3.63, 3.8) is 0 Å². The Morgan fingerprint density at radius 3 is 1.91 bits per heavy atom. The molecule has 5 aromatic rings. The average molecular weight is 615 g/mol. The number of aromatic nitrogens is 2. The highest BCUT2D eigenvalue weighted by atomic mass is 35.5. The molecule has 0 atom stereocenters. The van der Waals surface area contributed by atoms with E-state index in [1.54, 1.807) is 6.08 Å². The molecule has 7 rings (SSSR count). The lowest BCUT2D eigenvalue weighted by Gasteiger charge is -2.37. The van der Waals surface area contributed by atoms with E-state index in [9.17, 15) is 4.79 Å². The third-order valence-electron chi connectivity index (χ3n) is 9.25. The average Bonchev–Trinajstić information content (AvgIpc) is 3.77. The van der Waals surface area contributed by atoms with Gasteiger partial charge in [0.15, 0.2) is 11.6 Å². The van der Waals surface area contributed by atoms with Crippen LogP contribution in [0.2, 0.25) is 5.02 Å². The number of nitrogens with zero attached hydrogens (tertiary/aromatic N) is 2. The minimum absolute atomic E-state index is 0.0481. The zero-order chi connectivity index (χ0) is 30.7. The van der Waals surface area contributed by atoms with Crippen molar-refractivity contribution in [3.8, 4) is 11.3 Å². The molecule has 0 unspecified atom stereocenters. The third-order valence-corrected chi connectivity index (χ3v) is 9.58. The molecule has 0 amide bonds. The predicted molar refractivity (Wildman–Crippen MR) is 178 cm³/mol. The van der Waals surface area contributed by atoms with Crippen molar-refractivity contribution in [2.45, 2.75) is 37.0 Å². The first-order valence-corrected chi connectivity index (χ1v) is 16.0. The van der Waals surface area contributed by atoms with Crippen molar-refractivity contribution in [2.24, 2.45) is 5.92 Å². The molecule has 1 aliphatic carbocycles. The van der Waals surface area contributed by atoms with Gasteiger partial charge in [-0.25, -0.2) is 4.98 Å². The Labute approximate surface area is 269 Å². The van der Waals surface area contributed by atoms with Crippen molar-refractivity contribution in [1.82, 2.24) is 9.55 Å². The molecule has 1 aromatic heterocycles. The molecule has 0 radical (unpaired) electrons. The van der Waals surface area contributed by atoms with E-state index in [0.29, 0.717) is 18.2 Å². The molecule has 2 aliphatic rings. The molecule has 1 saturated heterocycles. The van der Waals surface area contributed by atoms with E-state index in [1.165, 1.54) is 0 Å². The van der Waals surface area contributed by atoms with Crippen LogP contribution in [-0.2, 0) is 19.8 Å². The van der Waals surface area contributed by atoms with E-state index in [1.807, 2.05) is 48.8 Å². The van der Waals surface area contributed by atoms with Gasteiger partial charge >= 0.3 is 0 Å². The number of benzene rings is 4. The van der Waals surface area contributed by atoms with Crippen molar-refractivity contribution in [1.29, 1.82) is 0 Å². The van der Waals surface area contributed by atoms with Crippen molar-refractivity contribution >= 4 is 23.5 Å². The molecule has 2 fully saturated rings. The first kappa shape index (κ1) is 29.4. The second kappa shape index (κ2) is 12.6. The van der Waals surface area contributed by atoms with Crippen LogP contribution in [0.1, 0.15) is 47.9 Å². The number of allylic oxidation sites excluding steroid dienone is 1. The van der Waals surface area contributed by atoms with E-state index < -0.39 is 11.3 Å². The predicted octanol–water partition coefficient (Wildman–Crippen LogP) is 8.56. The monoisotopic (exact) mass is 614 g/mol. The lowest BCUT2D eigenvalue weighted by molar-refractivity contribution is -0.182. The van der Waals surface area contributed by atoms with Crippen LogP contribution in [0.3, 0.4) is 0 Å². The number of ketones is 1. The fraction of sp³-hybridized carbons (Fsp3) is 0.231. The Morgan fingerprint density at radius 2 is 1.36 bits per heavy atom. The fourth-order valence-corrected chi connectivity index (χ4v) is 7.23. The van der Waals surface area contributed by atoms with Crippen molar-refractivity contribution in [3.05, 3.63) is 155 Å². The first-order valence-electron chi connectivity index (χ1n) is 15.6. The quantitative estimate of drug-likeness (QED) is 0.130. The molecular weight excluding hydrogens is 580 g/mol. The van der Waals surface area contributed by atoms with Gasteiger partial charge in [0.2, 0.25) is 0 Å². The van der Waals surface area contributed by atoms with Crippen LogP contribution < -0.4 is 0 Å². The van der Waals surface area contributed by atoms with E-state index >= 15 is 0 Å². The molecule has 45 heavy (non-hydrogen) atoms. The van der Waals surface area contributed by atoms with Gasteiger partial charge in [-0.1, -0.05) is 115 Å². The molecule has 6 heteroatoms. The summed E-state index contributed by atoms with van der Waals surface area (Å²) in [4.78, 5) is 18.3. The van der Waals surface area contributed by atoms with Gasteiger partial charge < -0.3 is 14.0 Å². The summed E-state index contributed by atoms with van der Waals surface area (Å²) in [7, 11) is 0. The van der Waals surface area contributed by atoms with Gasteiger partial charge in [-0.2, -0.15) is 0 Å². The van der Waals surface area contributed by atoms with Gasteiger partial charge in [0.25, 0.3) is 0 Å². The standard InChI is InChI=1S/C39H35ClN2O3/c40-35-18-10-17-34(33(35)19-20-37(43)29-21-23-38(24-22-29)44-25-26-45-38)36-27-42(28-41-36)39(30-11-4-1-5-12-30,31-13-6-2-7-14-31)32-15-8-3-9-16-32/h1-20,27-29H,21-26H2/b20-19+. The molecule has 1 saturated carbocycles. The van der Waals surface area contributed by atoms with Crippen LogP contribution >= 0.6 is 11.6 Å². The van der Waals surface area contributed by atoms with Crippen LogP contribution in [0.5, 0.6) is 0 Å². The summed E-state index contributed by atoms with van der Waals surface area (Å²) < 4.78 is 13.9. The largest absolute Gasteiger partial charge is 0.348 e. The van der Waals surface area contributed by atoms with Gasteiger partial charge in [-0.3, -0.25) is 4.79 Å². The first-order chi connectivity index (χ1) is 22.1. The van der Waals surface area contributed by atoms with Crippen LogP contribution in [0.15, 0.2) is 128 Å². The number of ether oxygens (including phenoxy) is 2.